The predicted octanol–water partition coefficient (Wildman–Crippen LogP) is 2.22. The summed E-state index contributed by atoms with van der Waals surface area (Å²) < 4.78 is 14.3. The van der Waals surface area contributed by atoms with E-state index in [1.807, 2.05) is 48.5 Å². The van der Waals surface area contributed by atoms with Crippen LogP contribution < -0.4 is 15.2 Å². The highest BCUT2D eigenvalue weighted by Gasteiger charge is 2.27. The van der Waals surface area contributed by atoms with Gasteiger partial charge in [0.2, 0.25) is 0 Å². The van der Waals surface area contributed by atoms with E-state index in [-0.39, 0.29) is 18.1 Å². The molecule has 4 heterocycles. The summed E-state index contributed by atoms with van der Waals surface area (Å²) in [5.41, 5.74) is 2.67. The molecule has 0 spiro atoms. The Morgan fingerprint density at radius 3 is 2.70 bits per heavy atom. The maximum Gasteiger partial charge on any atom is 0.345 e. The van der Waals surface area contributed by atoms with Gasteiger partial charge < -0.3 is 14.4 Å². The Balaban J connectivity index is 1.42. The molecule has 0 atom stereocenters. The van der Waals surface area contributed by atoms with Crippen LogP contribution in [-0.2, 0) is 20.1 Å². The van der Waals surface area contributed by atoms with Crippen molar-refractivity contribution in [2.24, 2.45) is 7.05 Å². The fourth-order valence-electron chi connectivity index (χ4n) is 4.41. The fraction of sp³-hybridized carbons (Fsp3) is 0.250. The molecule has 4 aromatic rings. The van der Waals surface area contributed by atoms with Gasteiger partial charge in [-0.3, -0.25) is 9.36 Å². The Kier molecular flexibility index (Phi) is 4.42. The summed E-state index contributed by atoms with van der Waals surface area (Å²) >= 11 is 0. The summed E-state index contributed by atoms with van der Waals surface area (Å²) in [6.45, 7) is 2.17. The van der Waals surface area contributed by atoms with Gasteiger partial charge in [0.15, 0.2) is 17.3 Å². The maximum atomic E-state index is 13.7. The molecule has 0 fully saturated rings. The highest BCUT2D eigenvalue weighted by atomic mass is 16.6. The normalized spacial score (nSPS) is 14.9. The monoisotopic (exact) mass is 443 g/mol. The third-order valence-electron chi connectivity index (χ3n) is 6.08. The van der Waals surface area contributed by atoms with E-state index >= 15 is 0 Å². The molecule has 0 aliphatic carbocycles. The second-order valence-electron chi connectivity index (χ2n) is 8.13. The zero-order valence-corrected chi connectivity index (χ0v) is 18.0. The quantitative estimate of drug-likeness (QED) is 0.472. The van der Waals surface area contributed by atoms with Crippen LogP contribution >= 0.6 is 0 Å². The zero-order valence-electron chi connectivity index (χ0n) is 18.0. The number of hydrogen-bond donors (Lipinski definition) is 0. The van der Waals surface area contributed by atoms with Gasteiger partial charge in [0, 0.05) is 31.1 Å². The number of rotatable bonds is 2. The van der Waals surface area contributed by atoms with Crippen LogP contribution in [0.5, 0.6) is 11.5 Å². The number of pyridine rings is 1. The van der Waals surface area contributed by atoms with Crippen LogP contribution in [0.4, 0.5) is 0 Å². The summed E-state index contributed by atoms with van der Waals surface area (Å²) in [5.74, 6) is 1.85. The molecule has 9 nitrogen and oxygen atoms in total. The molecule has 0 saturated carbocycles. The Hall–Kier alpha value is -4.14. The van der Waals surface area contributed by atoms with Gasteiger partial charge in [-0.25, -0.2) is 14.5 Å². The molecular formula is C24H21N5O4. The minimum Gasteiger partial charge on any atom is -0.486 e. The number of para-hydroxylation sites is 1. The molecule has 0 unspecified atom stereocenters. The van der Waals surface area contributed by atoms with E-state index in [4.69, 9.17) is 14.5 Å². The number of aryl methyl sites for hydroxylation is 1. The first-order chi connectivity index (χ1) is 16.1. The van der Waals surface area contributed by atoms with Crippen LogP contribution in [-0.4, -0.2) is 49.9 Å². The lowest BCUT2D eigenvalue weighted by Crippen LogP contribution is -2.41. The van der Waals surface area contributed by atoms with Crippen molar-refractivity contribution >= 4 is 16.8 Å². The lowest BCUT2D eigenvalue weighted by molar-refractivity contribution is 0.0708. The van der Waals surface area contributed by atoms with Crippen LogP contribution in [0.25, 0.3) is 22.2 Å². The summed E-state index contributed by atoms with van der Waals surface area (Å²) in [6, 6.07) is 15.1. The SMILES string of the molecule is Cn1nc2n(c1=O)CCN(C(=O)c1cc(-c3ccc4c(c3)OCCO4)nc3ccccc13)C2. The minimum absolute atomic E-state index is 0.114. The van der Waals surface area contributed by atoms with E-state index in [2.05, 4.69) is 5.10 Å². The van der Waals surface area contributed by atoms with Crippen LogP contribution in [0.15, 0.2) is 53.3 Å². The molecule has 0 saturated heterocycles. The number of aromatic nitrogens is 4. The summed E-state index contributed by atoms with van der Waals surface area (Å²) in [4.78, 5) is 32.4. The Morgan fingerprint density at radius 2 is 1.82 bits per heavy atom. The lowest BCUT2D eigenvalue weighted by atomic mass is 10.0. The van der Waals surface area contributed by atoms with Gasteiger partial charge in [-0.2, -0.15) is 5.10 Å². The van der Waals surface area contributed by atoms with Gasteiger partial charge in [-0.15, -0.1) is 0 Å². The zero-order chi connectivity index (χ0) is 22.5. The average Bonchev–Trinajstić information content (AvgIpc) is 3.15. The average molecular weight is 443 g/mol. The summed E-state index contributed by atoms with van der Waals surface area (Å²) in [6.07, 6.45) is 0. The molecule has 6 rings (SSSR count). The number of benzene rings is 2. The molecule has 1 amide bonds. The van der Waals surface area contributed by atoms with Crippen molar-refractivity contribution in [1.29, 1.82) is 0 Å². The standard InChI is InChI=1S/C24H21N5O4/c1-27-24(31)29-9-8-28(14-22(29)26-27)23(30)17-13-19(25-18-5-3-2-4-16(17)18)15-6-7-20-21(12-15)33-11-10-32-20/h2-7,12-13H,8-11,14H2,1H3. The van der Waals surface area contributed by atoms with Gasteiger partial charge in [0.1, 0.15) is 13.2 Å². The number of nitrogens with zero attached hydrogens (tertiary/aromatic N) is 5. The van der Waals surface area contributed by atoms with Crippen molar-refractivity contribution in [3.05, 3.63) is 70.4 Å². The van der Waals surface area contributed by atoms with Gasteiger partial charge in [-0.05, 0) is 30.3 Å². The van der Waals surface area contributed by atoms with Gasteiger partial charge >= 0.3 is 5.69 Å². The van der Waals surface area contributed by atoms with Gasteiger partial charge in [0.05, 0.1) is 23.3 Å². The second kappa shape index (κ2) is 7.47. The van der Waals surface area contributed by atoms with Crippen molar-refractivity contribution in [2.45, 2.75) is 13.1 Å². The molecular weight excluding hydrogens is 422 g/mol. The largest absolute Gasteiger partial charge is 0.486 e. The molecule has 33 heavy (non-hydrogen) atoms. The lowest BCUT2D eigenvalue weighted by Gasteiger charge is -2.27. The summed E-state index contributed by atoms with van der Waals surface area (Å²) in [7, 11) is 1.62. The van der Waals surface area contributed by atoms with Crippen molar-refractivity contribution in [3.8, 4) is 22.8 Å². The molecule has 166 valence electrons. The smallest absolute Gasteiger partial charge is 0.345 e. The van der Waals surface area contributed by atoms with E-state index in [1.54, 1.807) is 16.5 Å². The summed E-state index contributed by atoms with van der Waals surface area (Å²) in [5, 5.41) is 5.07. The van der Waals surface area contributed by atoms with E-state index in [0.29, 0.717) is 54.9 Å². The number of hydrogen-bond acceptors (Lipinski definition) is 6. The number of carbonyl (C=O) groups excluding carboxylic acids is 1. The predicted molar refractivity (Wildman–Crippen MR) is 120 cm³/mol. The van der Waals surface area contributed by atoms with E-state index in [9.17, 15) is 9.59 Å². The van der Waals surface area contributed by atoms with Gasteiger partial charge in [-0.1, -0.05) is 18.2 Å². The molecule has 2 aliphatic heterocycles. The van der Waals surface area contributed by atoms with E-state index in [1.165, 1.54) is 4.68 Å². The number of amides is 1. The number of fused-ring (bicyclic) bond motifs is 3. The molecule has 2 aromatic carbocycles. The van der Waals surface area contributed by atoms with Crippen LogP contribution in [0.1, 0.15) is 16.2 Å². The Morgan fingerprint density at radius 1 is 1.00 bits per heavy atom. The fourth-order valence-corrected chi connectivity index (χ4v) is 4.41. The Bertz CT molecular complexity index is 1470. The molecule has 2 aliphatic rings. The van der Waals surface area contributed by atoms with Crippen molar-refractivity contribution in [1.82, 2.24) is 24.2 Å². The third kappa shape index (κ3) is 3.24. The first-order valence-corrected chi connectivity index (χ1v) is 10.8. The van der Waals surface area contributed by atoms with Crippen LogP contribution in [0.3, 0.4) is 0 Å². The third-order valence-corrected chi connectivity index (χ3v) is 6.08. The molecule has 0 N–H and O–H groups in total. The molecule has 2 aromatic heterocycles. The van der Waals surface area contributed by atoms with Crippen molar-refractivity contribution in [3.63, 3.8) is 0 Å². The Labute approximate surface area is 188 Å². The maximum absolute atomic E-state index is 13.7. The molecule has 0 radical (unpaired) electrons. The van der Waals surface area contributed by atoms with Crippen molar-refractivity contribution in [2.75, 3.05) is 19.8 Å². The number of ether oxygens (including phenoxy) is 2. The van der Waals surface area contributed by atoms with Gasteiger partial charge in [0.25, 0.3) is 5.91 Å². The first-order valence-electron chi connectivity index (χ1n) is 10.8. The van der Waals surface area contributed by atoms with Crippen molar-refractivity contribution < 1.29 is 14.3 Å². The van der Waals surface area contributed by atoms with E-state index < -0.39 is 0 Å². The van der Waals surface area contributed by atoms with E-state index in [0.717, 1.165) is 16.5 Å². The molecule has 9 heteroatoms. The second-order valence-corrected chi connectivity index (χ2v) is 8.13. The molecule has 0 bridgehead atoms. The topological polar surface area (TPSA) is 91.5 Å². The van der Waals surface area contributed by atoms with Crippen LogP contribution in [0.2, 0.25) is 0 Å². The number of carbonyl (C=O) groups is 1. The first kappa shape index (κ1) is 19.5. The minimum atomic E-state index is -0.160. The highest BCUT2D eigenvalue weighted by molar-refractivity contribution is 6.07. The van der Waals surface area contributed by atoms with Crippen LogP contribution in [0, 0.1) is 0 Å². The highest BCUT2D eigenvalue weighted by Crippen LogP contribution is 2.35.